The molecule has 1 aliphatic rings. The summed E-state index contributed by atoms with van der Waals surface area (Å²) in [6.07, 6.45) is 0. The minimum atomic E-state index is -0.234. The zero-order valence-electron chi connectivity index (χ0n) is 14.0. The zero-order valence-corrected chi connectivity index (χ0v) is 14.0. The number of hydrogen-bond acceptors (Lipinski definition) is 3. The number of amides is 1. The van der Waals surface area contributed by atoms with E-state index in [0.717, 1.165) is 49.5 Å². The lowest BCUT2D eigenvalue weighted by Gasteiger charge is -2.23. The van der Waals surface area contributed by atoms with Gasteiger partial charge in [0.2, 0.25) is 0 Å². The van der Waals surface area contributed by atoms with E-state index in [1.165, 1.54) is 10.5 Å². The van der Waals surface area contributed by atoms with E-state index in [2.05, 4.69) is 17.4 Å². The average Bonchev–Trinajstić information content (AvgIpc) is 3.09. The van der Waals surface area contributed by atoms with Gasteiger partial charge in [0.15, 0.2) is 5.76 Å². The van der Waals surface area contributed by atoms with Crippen LogP contribution in [-0.4, -0.2) is 32.2 Å². The van der Waals surface area contributed by atoms with E-state index in [1.54, 1.807) is 6.07 Å². The molecule has 0 saturated carbocycles. The molecule has 1 amide bonds. The second kappa shape index (κ2) is 7.09. The normalized spacial score (nSPS) is 15.4. The second-order valence-electron chi connectivity index (χ2n) is 6.34. The lowest BCUT2D eigenvalue weighted by atomic mass is 10.2. The molecule has 1 saturated heterocycles. The van der Waals surface area contributed by atoms with Crippen molar-refractivity contribution in [2.24, 2.45) is 0 Å². The van der Waals surface area contributed by atoms with Crippen molar-refractivity contribution in [1.82, 2.24) is 0 Å². The number of para-hydroxylation sites is 1. The van der Waals surface area contributed by atoms with Crippen LogP contribution in [0, 0.1) is 0 Å². The first-order valence-corrected chi connectivity index (χ1v) is 8.58. The largest absolute Gasteiger partial charge is 0.451 e. The van der Waals surface area contributed by atoms with Gasteiger partial charge in [-0.25, -0.2) is 0 Å². The quantitative estimate of drug-likeness (QED) is 0.767. The smallest absolute Gasteiger partial charge is 0.291 e. The van der Waals surface area contributed by atoms with Gasteiger partial charge >= 0.3 is 0 Å². The monoisotopic (exact) mass is 337 g/mol. The van der Waals surface area contributed by atoms with Gasteiger partial charge in [0.1, 0.15) is 25.2 Å². The molecule has 2 N–H and O–H groups in total. The number of furan rings is 1. The first-order chi connectivity index (χ1) is 12.3. The van der Waals surface area contributed by atoms with Crippen molar-refractivity contribution < 1.29 is 18.8 Å². The van der Waals surface area contributed by atoms with Crippen LogP contribution < -0.4 is 10.2 Å². The molecule has 25 heavy (non-hydrogen) atoms. The molecular formula is C20H21N2O3+. The Morgan fingerprint density at radius 2 is 1.80 bits per heavy atom. The predicted octanol–water partition coefficient (Wildman–Crippen LogP) is 2.10. The van der Waals surface area contributed by atoms with Crippen LogP contribution in [0.2, 0.25) is 0 Å². The summed E-state index contributed by atoms with van der Waals surface area (Å²) in [5.74, 6) is 0.0887. The number of quaternary nitrogens is 1. The summed E-state index contributed by atoms with van der Waals surface area (Å²) in [5, 5.41) is 3.82. The van der Waals surface area contributed by atoms with Gasteiger partial charge in [0.05, 0.1) is 13.2 Å². The summed E-state index contributed by atoms with van der Waals surface area (Å²) < 4.78 is 11.0. The van der Waals surface area contributed by atoms with Crippen molar-refractivity contribution in [3.05, 3.63) is 65.9 Å². The molecule has 1 fully saturated rings. The van der Waals surface area contributed by atoms with E-state index in [9.17, 15) is 4.79 Å². The first-order valence-electron chi connectivity index (χ1n) is 8.58. The molecule has 5 heteroatoms. The average molecular weight is 337 g/mol. The fourth-order valence-corrected chi connectivity index (χ4v) is 3.12. The molecule has 0 unspecified atom stereocenters. The highest BCUT2D eigenvalue weighted by molar-refractivity contribution is 6.04. The van der Waals surface area contributed by atoms with E-state index in [4.69, 9.17) is 9.15 Å². The molecule has 1 aromatic heterocycles. The van der Waals surface area contributed by atoms with Gasteiger partial charge in [-0.15, -0.1) is 0 Å². The van der Waals surface area contributed by atoms with Gasteiger partial charge in [-0.2, -0.15) is 0 Å². The Hall–Kier alpha value is -2.63. The van der Waals surface area contributed by atoms with Gasteiger partial charge in [-0.05, 0) is 24.3 Å². The van der Waals surface area contributed by atoms with Gasteiger partial charge in [-0.3, -0.25) is 4.79 Å². The Bertz CT molecular complexity index is 831. The summed E-state index contributed by atoms with van der Waals surface area (Å²) >= 11 is 0. The van der Waals surface area contributed by atoms with E-state index >= 15 is 0 Å². The standard InChI is InChI=1S/C20H20N2O3/c23-20(19-13-16-3-1-2-4-18(16)25-19)21-17-7-5-15(6-8-17)14-22-9-11-24-12-10-22/h1-8,13H,9-12,14H2,(H,21,23)/p+1. The molecule has 2 heterocycles. The Morgan fingerprint density at radius 3 is 2.56 bits per heavy atom. The number of carbonyl (C=O) groups excluding carboxylic acids is 1. The highest BCUT2D eigenvalue weighted by Gasteiger charge is 2.15. The molecule has 4 rings (SSSR count). The van der Waals surface area contributed by atoms with Crippen molar-refractivity contribution in [2.75, 3.05) is 31.6 Å². The van der Waals surface area contributed by atoms with Crippen LogP contribution in [0.5, 0.6) is 0 Å². The molecule has 3 aromatic rings. The Kier molecular flexibility index (Phi) is 4.50. The maximum atomic E-state index is 12.4. The summed E-state index contributed by atoms with van der Waals surface area (Å²) in [4.78, 5) is 13.9. The van der Waals surface area contributed by atoms with E-state index in [0.29, 0.717) is 5.76 Å². The number of hydrogen-bond donors (Lipinski definition) is 2. The highest BCUT2D eigenvalue weighted by Crippen LogP contribution is 2.20. The van der Waals surface area contributed by atoms with E-state index in [1.807, 2.05) is 36.4 Å². The first kappa shape index (κ1) is 15.9. The Labute approximate surface area is 146 Å². The maximum absolute atomic E-state index is 12.4. The van der Waals surface area contributed by atoms with Gasteiger partial charge < -0.3 is 19.4 Å². The van der Waals surface area contributed by atoms with Crippen molar-refractivity contribution in [3.8, 4) is 0 Å². The maximum Gasteiger partial charge on any atom is 0.291 e. The van der Waals surface area contributed by atoms with Crippen molar-refractivity contribution in [1.29, 1.82) is 0 Å². The molecular weight excluding hydrogens is 316 g/mol. The summed E-state index contributed by atoms with van der Waals surface area (Å²) in [7, 11) is 0. The van der Waals surface area contributed by atoms with E-state index < -0.39 is 0 Å². The van der Waals surface area contributed by atoms with Crippen LogP contribution in [0.3, 0.4) is 0 Å². The van der Waals surface area contributed by atoms with E-state index in [-0.39, 0.29) is 5.91 Å². The van der Waals surface area contributed by atoms with Crippen molar-refractivity contribution in [2.45, 2.75) is 6.54 Å². The third-order valence-corrected chi connectivity index (χ3v) is 4.52. The molecule has 0 bridgehead atoms. The summed E-state index contributed by atoms with van der Waals surface area (Å²) in [6.45, 7) is 4.75. The summed E-state index contributed by atoms with van der Waals surface area (Å²) in [5.41, 5.74) is 2.75. The van der Waals surface area contributed by atoms with Crippen LogP contribution in [-0.2, 0) is 11.3 Å². The van der Waals surface area contributed by atoms with Gasteiger partial charge in [0, 0.05) is 16.6 Å². The SMILES string of the molecule is O=C(Nc1ccc(C[NH+]2CCOCC2)cc1)c1cc2ccccc2o1. The van der Waals surface area contributed by atoms with Crippen LogP contribution in [0.15, 0.2) is 59.0 Å². The third-order valence-electron chi connectivity index (χ3n) is 4.52. The van der Waals surface area contributed by atoms with Crippen molar-refractivity contribution >= 4 is 22.6 Å². The van der Waals surface area contributed by atoms with Crippen LogP contribution >= 0.6 is 0 Å². The lowest BCUT2D eigenvalue weighted by Crippen LogP contribution is -3.12. The zero-order chi connectivity index (χ0) is 17.1. The number of ether oxygens (including phenoxy) is 1. The van der Waals surface area contributed by atoms with Gasteiger partial charge in [-0.1, -0.05) is 30.3 Å². The molecule has 0 atom stereocenters. The van der Waals surface area contributed by atoms with Crippen LogP contribution in [0.1, 0.15) is 16.1 Å². The molecule has 0 radical (unpaired) electrons. The number of anilines is 1. The third kappa shape index (κ3) is 3.73. The van der Waals surface area contributed by atoms with Crippen molar-refractivity contribution in [3.63, 3.8) is 0 Å². The number of rotatable bonds is 4. The Morgan fingerprint density at radius 1 is 1.04 bits per heavy atom. The molecule has 5 nitrogen and oxygen atoms in total. The molecule has 0 aliphatic carbocycles. The minimum Gasteiger partial charge on any atom is -0.451 e. The fraction of sp³-hybridized carbons (Fsp3) is 0.250. The lowest BCUT2D eigenvalue weighted by molar-refractivity contribution is -0.921. The second-order valence-corrected chi connectivity index (χ2v) is 6.34. The Balaban J connectivity index is 1.40. The number of fused-ring (bicyclic) bond motifs is 1. The fourth-order valence-electron chi connectivity index (χ4n) is 3.12. The molecule has 2 aromatic carbocycles. The topological polar surface area (TPSA) is 55.9 Å². The number of benzene rings is 2. The molecule has 1 aliphatic heterocycles. The number of morpholine rings is 1. The summed E-state index contributed by atoms with van der Waals surface area (Å²) in [6, 6.07) is 17.4. The number of carbonyl (C=O) groups is 1. The van der Waals surface area contributed by atoms with Gasteiger partial charge in [0.25, 0.3) is 5.91 Å². The predicted molar refractivity (Wildman–Crippen MR) is 95.8 cm³/mol. The molecule has 0 spiro atoms. The highest BCUT2D eigenvalue weighted by atomic mass is 16.5. The minimum absolute atomic E-state index is 0.234. The molecule has 128 valence electrons. The van der Waals surface area contributed by atoms with Crippen LogP contribution in [0.25, 0.3) is 11.0 Å². The number of nitrogens with one attached hydrogen (secondary N) is 2. The van der Waals surface area contributed by atoms with Crippen LogP contribution in [0.4, 0.5) is 5.69 Å².